The maximum Gasteiger partial charge on any atom is 0.328 e. The van der Waals surface area contributed by atoms with Crippen LogP contribution in [0, 0.1) is 22.7 Å². The second-order valence-electron chi connectivity index (χ2n) is 9.11. The number of hydrogen-bond donors (Lipinski definition) is 2. The number of hydrogen-bond acceptors (Lipinski definition) is 5. The van der Waals surface area contributed by atoms with Crippen molar-refractivity contribution in [1.82, 2.24) is 0 Å². The molecule has 2 N–H and O–H groups in total. The predicted molar refractivity (Wildman–Crippen MR) is 104 cm³/mol. The molecule has 2 aliphatic carbocycles. The van der Waals surface area contributed by atoms with Gasteiger partial charge in [-0.25, -0.2) is 4.79 Å². The second kappa shape index (κ2) is 8.60. The van der Waals surface area contributed by atoms with E-state index in [1.807, 2.05) is 0 Å². The first-order valence-corrected chi connectivity index (χ1v) is 9.92. The number of aliphatic hydroxyl groups is 1. The summed E-state index contributed by atoms with van der Waals surface area (Å²) in [5.41, 5.74) is 0.801. The minimum absolute atomic E-state index is 0.0304. The van der Waals surface area contributed by atoms with Crippen molar-refractivity contribution in [2.45, 2.75) is 65.9 Å². The van der Waals surface area contributed by atoms with E-state index in [2.05, 4.69) is 20.8 Å². The van der Waals surface area contributed by atoms with Gasteiger partial charge in [-0.2, -0.15) is 0 Å². The number of aldehydes is 1. The van der Waals surface area contributed by atoms with E-state index >= 15 is 0 Å². The van der Waals surface area contributed by atoms with Crippen LogP contribution in [0.2, 0.25) is 0 Å². The van der Waals surface area contributed by atoms with Crippen LogP contribution in [0.25, 0.3) is 0 Å². The second-order valence-corrected chi connectivity index (χ2v) is 9.11. The summed E-state index contributed by atoms with van der Waals surface area (Å²) in [6.45, 7) is 7.71. The summed E-state index contributed by atoms with van der Waals surface area (Å²) in [6.07, 6.45) is 6.87. The minimum Gasteiger partial charge on any atom is -0.478 e. The van der Waals surface area contributed by atoms with Crippen LogP contribution in [-0.2, 0) is 19.1 Å². The van der Waals surface area contributed by atoms with Gasteiger partial charge in [-0.05, 0) is 65.6 Å². The highest BCUT2D eigenvalue weighted by Gasteiger charge is 2.55. The maximum absolute atomic E-state index is 11.8. The molecule has 28 heavy (non-hydrogen) atoms. The lowest BCUT2D eigenvalue weighted by Crippen LogP contribution is -2.54. The number of fused-ring (bicyclic) bond motifs is 1. The van der Waals surface area contributed by atoms with Crippen molar-refractivity contribution in [2.75, 3.05) is 6.61 Å². The zero-order chi connectivity index (χ0) is 21.1. The fraction of sp³-hybridized carbons (Fsp3) is 0.682. The molecule has 0 heterocycles. The molecule has 0 radical (unpaired) electrons. The van der Waals surface area contributed by atoms with Gasteiger partial charge in [0.1, 0.15) is 12.9 Å². The number of rotatable bonds is 7. The Kier molecular flexibility index (Phi) is 6.86. The molecular formula is C22H32O6. The quantitative estimate of drug-likeness (QED) is 0.392. The summed E-state index contributed by atoms with van der Waals surface area (Å²) in [6, 6.07) is 0. The van der Waals surface area contributed by atoms with Gasteiger partial charge in [-0.3, -0.25) is 9.59 Å². The average Bonchev–Trinajstić information content (AvgIpc) is 2.56. The van der Waals surface area contributed by atoms with Crippen LogP contribution in [0.4, 0.5) is 0 Å². The molecule has 0 amide bonds. The van der Waals surface area contributed by atoms with E-state index < -0.39 is 18.0 Å². The number of aliphatic carboxylic acids is 1. The van der Waals surface area contributed by atoms with E-state index in [-0.39, 0.29) is 29.3 Å². The first-order chi connectivity index (χ1) is 13.0. The molecule has 4 atom stereocenters. The van der Waals surface area contributed by atoms with Gasteiger partial charge in [0.05, 0.1) is 6.10 Å². The molecule has 2 rings (SSSR count). The zero-order valence-corrected chi connectivity index (χ0v) is 17.2. The van der Waals surface area contributed by atoms with Gasteiger partial charge in [0.2, 0.25) is 0 Å². The highest BCUT2D eigenvalue weighted by atomic mass is 16.5. The van der Waals surface area contributed by atoms with Gasteiger partial charge >= 0.3 is 11.9 Å². The van der Waals surface area contributed by atoms with Gasteiger partial charge in [0, 0.05) is 13.0 Å². The number of aliphatic hydroxyl groups excluding tert-OH is 1. The van der Waals surface area contributed by atoms with Crippen LogP contribution < -0.4 is 0 Å². The summed E-state index contributed by atoms with van der Waals surface area (Å²) >= 11 is 0. The van der Waals surface area contributed by atoms with E-state index in [1.165, 1.54) is 6.92 Å². The molecule has 0 bridgehead atoms. The van der Waals surface area contributed by atoms with Crippen molar-refractivity contribution in [3.8, 4) is 0 Å². The average molecular weight is 392 g/mol. The third kappa shape index (κ3) is 4.72. The van der Waals surface area contributed by atoms with Crippen LogP contribution in [0.3, 0.4) is 0 Å². The van der Waals surface area contributed by atoms with Gasteiger partial charge in [-0.15, -0.1) is 0 Å². The van der Waals surface area contributed by atoms with Crippen molar-refractivity contribution in [2.24, 2.45) is 22.7 Å². The van der Waals surface area contributed by atoms with Crippen molar-refractivity contribution in [3.05, 3.63) is 23.3 Å². The Labute approximate surface area is 166 Å². The van der Waals surface area contributed by atoms with Gasteiger partial charge in [0.15, 0.2) is 0 Å². The number of carboxylic acids is 1. The third-order valence-electron chi connectivity index (χ3n) is 6.67. The van der Waals surface area contributed by atoms with E-state index in [0.29, 0.717) is 24.0 Å². The lowest BCUT2D eigenvalue weighted by Gasteiger charge is -2.58. The molecule has 0 unspecified atom stereocenters. The molecular weight excluding hydrogens is 360 g/mol. The van der Waals surface area contributed by atoms with Crippen LogP contribution in [0.15, 0.2) is 23.3 Å². The number of ether oxygens (including phenoxy) is 1. The fourth-order valence-electron chi connectivity index (χ4n) is 5.66. The smallest absolute Gasteiger partial charge is 0.328 e. The predicted octanol–water partition coefficient (Wildman–Crippen LogP) is 3.29. The Morgan fingerprint density at radius 3 is 2.54 bits per heavy atom. The molecule has 1 fully saturated rings. The highest BCUT2D eigenvalue weighted by molar-refractivity contribution is 5.81. The minimum atomic E-state index is -1.09. The molecule has 0 spiro atoms. The molecule has 2 aliphatic rings. The first-order valence-electron chi connectivity index (χ1n) is 9.92. The largest absolute Gasteiger partial charge is 0.478 e. The Morgan fingerprint density at radius 1 is 1.29 bits per heavy atom. The highest BCUT2D eigenvalue weighted by Crippen LogP contribution is 2.60. The molecule has 0 saturated heterocycles. The number of carbonyl (C=O) groups is 3. The molecule has 156 valence electrons. The normalized spacial score (nSPS) is 32.1. The molecule has 6 nitrogen and oxygen atoms in total. The lowest BCUT2D eigenvalue weighted by atomic mass is 9.47. The SMILES string of the molecule is CC(=O)OC/C(=C/C(=O)O)CC[C@H]1C(C=O)=C[C@@H](O)[C@@H]2C(C)(C)CCC[C@]21C. The number of carboxylic acid groups (broad SMARTS) is 1. The molecule has 0 aromatic rings. The number of esters is 1. The van der Waals surface area contributed by atoms with Crippen LogP contribution >= 0.6 is 0 Å². The number of allylic oxidation sites excluding steroid dienone is 1. The monoisotopic (exact) mass is 392 g/mol. The van der Waals surface area contributed by atoms with Crippen molar-refractivity contribution in [3.63, 3.8) is 0 Å². The summed E-state index contributed by atoms with van der Waals surface area (Å²) < 4.78 is 4.99. The van der Waals surface area contributed by atoms with Crippen LogP contribution in [0.1, 0.15) is 59.8 Å². The van der Waals surface area contributed by atoms with Gasteiger partial charge in [0.25, 0.3) is 0 Å². The first kappa shape index (κ1) is 22.3. The van der Waals surface area contributed by atoms with Crippen molar-refractivity contribution >= 4 is 18.2 Å². The van der Waals surface area contributed by atoms with Crippen LogP contribution in [0.5, 0.6) is 0 Å². The summed E-state index contributed by atoms with van der Waals surface area (Å²) in [5.74, 6) is -1.60. The van der Waals surface area contributed by atoms with Crippen LogP contribution in [-0.4, -0.2) is 41.1 Å². The Morgan fingerprint density at radius 2 is 1.96 bits per heavy atom. The molecule has 0 aromatic heterocycles. The van der Waals surface area contributed by atoms with E-state index in [0.717, 1.165) is 31.6 Å². The summed E-state index contributed by atoms with van der Waals surface area (Å²) in [4.78, 5) is 34.0. The summed E-state index contributed by atoms with van der Waals surface area (Å²) in [7, 11) is 0. The number of carbonyl (C=O) groups excluding carboxylic acids is 2. The summed E-state index contributed by atoms with van der Waals surface area (Å²) in [5, 5.41) is 19.9. The van der Waals surface area contributed by atoms with E-state index in [9.17, 15) is 19.5 Å². The van der Waals surface area contributed by atoms with E-state index in [4.69, 9.17) is 9.84 Å². The van der Waals surface area contributed by atoms with Gasteiger partial charge < -0.3 is 14.9 Å². The van der Waals surface area contributed by atoms with Crippen molar-refractivity contribution < 1.29 is 29.3 Å². The molecule has 0 aromatic carbocycles. The molecule has 0 aliphatic heterocycles. The lowest BCUT2D eigenvalue weighted by molar-refractivity contribution is -0.140. The molecule has 1 saturated carbocycles. The zero-order valence-electron chi connectivity index (χ0n) is 17.2. The Hall–Kier alpha value is -1.95. The van der Waals surface area contributed by atoms with Gasteiger partial charge in [-0.1, -0.05) is 27.2 Å². The molecule has 6 heteroatoms. The topological polar surface area (TPSA) is 101 Å². The third-order valence-corrected chi connectivity index (χ3v) is 6.67. The standard InChI is InChI=1S/C22H32O6/c1-14(24)28-13-15(10-19(26)27)6-7-17-16(12-23)11-18(25)20-21(2,3)8-5-9-22(17,20)4/h10-12,17-18,20,25H,5-9,13H2,1-4H3,(H,26,27)/b15-10+/t17-,18+,20+,22-/m0/s1. The Bertz CT molecular complexity index is 689. The fourth-order valence-corrected chi connectivity index (χ4v) is 5.66. The van der Waals surface area contributed by atoms with Crippen molar-refractivity contribution in [1.29, 1.82) is 0 Å². The maximum atomic E-state index is 11.8. The van der Waals surface area contributed by atoms with E-state index in [1.54, 1.807) is 6.08 Å². The Balaban J connectivity index is 2.30.